The molecular weight excluding hydrogens is 344 g/mol. The normalized spacial score (nSPS) is 11.9. The lowest BCUT2D eigenvalue weighted by atomic mass is 10.1. The number of fused-ring (bicyclic) bond motifs is 1. The highest BCUT2D eigenvalue weighted by Gasteiger charge is 2.19. The number of aromatic nitrogens is 2. The summed E-state index contributed by atoms with van der Waals surface area (Å²) in [6.07, 6.45) is 1.74. The quantitative estimate of drug-likeness (QED) is 0.627. The van der Waals surface area contributed by atoms with Crippen LogP contribution in [0.25, 0.3) is 11.0 Å². The van der Waals surface area contributed by atoms with Crippen molar-refractivity contribution in [2.75, 3.05) is 6.61 Å². The first-order chi connectivity index (χ1) is 13.1. The van der Waals surface area contributed by atoms with Crippen molar-refractivity contribution >= 4 is 22.8 Å². The van der Waals surface area contributed by atoms with E-state index in [9.17, 15) is 9.59 Å². The Labute approximate surface area is 156 Å². The summed E-state index contributed by atoms with van der Waals surface area (Å²) < 4.78 is 5.38. The van der Waals surface area contributed by atoms with E-state index in [4.69, 9.17) is 10.5 Å². The van der Waals surface area contributed by atoms with Gasteiger partial charge in [0, 0.05) is 12.6 Å². The first-order valence-corrected chi connectivity index (χ1v) is 8.53. The van der Waals surface area contributed by atoms with Crippen LogP contribution in [0.3, 0.4) is 0 Å². The molecule has 0 saturated carbocycles. The van der Waals surface area contributed by atoms with Gasteiger partial charge < -0.3 is 15.8 Å². The molecule has 3 aromatic rings. The summed E-state index contributed by atoms with van der Waals surface area (Å²) in [6.45, 7) is 0.147. The van der Waals surface area contributed by atoms with Gasteiger partial charge in [0.05, 0.1) is 23.3 Å². The van der Waals surface area contributed by atoms with Gasteiger partial charge in [-0.1, -0.05) is 42.5 Å². The molecule has 0 spiro atoms. The summed E-state index contributed by atoms with van der Waals surface area (Å²) in [7, 11) is 0. The second-order valence-electron chi connectivity index (χ2n) is 6.06. The molecule has 3 rings (SSSR count). The topological polar surface area (TPSA) is 107 Å². The number of hydrogen-bond acceptors (Lipinski definition) is 5. The zero-order chi connectivity index (χ0) is 19.1. The third-order valence-electron chi connectivity index (χ3n) is 3.94. The van der Waals surface area contributed by atoms with Crippen molar-refractivity contribution < 1.29 is 14.3 Å². The van der Waals surface area contributed by atoms with E-state index < -0.39 is 17.9 Å². The van der Waals surface area contributed by atoms with Crippen LogP contribution >= 0.6 is 0 Å². The highest BCUT2D eigenvalue weighted by atomic mass is 16.5. The molecule has 0 unspecified atom stereocenters. The molecule has 1 atom stereocenters. The van der Waals surface area contributed by atoms with Gasteiger partial charge in [-0.2, -0.15) is 0 Å². The third kappa shape index (κ3) is 5.32. The Morgan fingerprint density at radius 1 is 1.04 bits per heavy atom. The van der Waals surface area contributed by atoms with Crippen LogP contribution in [0, 0.1) is 0 Å². The van der Waals surface area contributed by atoms with Crippen LogP contribution in [-0.4, -0.2) is 34.4 Å². The van der Waals surface area contributed by atoms with Gasteiger partial charge in [-0.15, -0.1) is 0 Å². The van der Waals surface area contributed by atoms with E-state index in [0.29, 0.717) is 12.3 Å². The molecule has 7 nitrogen and oxygen atoms in total. The summed E-state index contributed by atoms with van der Waals surface area (Å²) in [5.74, 6) is -1.05. The molecule has 27 heavy (non-hydrogen) atoms. The Kier molecular flexibility index (Phi) is 6.06. The number of amides is 2. The average molecular weight is 364 g/mol. The molecule has 0 aliphatic carbocycles. The van der Waals surface area contributed by atoms with Crippen LogP contribution in [0.1, 0.15) is 11.3 Å². The SMILES string of the molecule is NC(=O)[C@H](Cc1cnc2ccccc2n1)NC(=O)COCc1ccccc1. The molecule has 1 aromatic heterocycles. The lowest BCUT2D eigenvalue weighted by molar-refractivity contribution is -0.130. The van der Waals surface area contributed by atoms with Crippen molar-refractivity contribution in [3.63, 3.8) is 0 Å². The largest absolute Gasteiger partial charge is 0.368 e. The summed E-state index contributed by atoms with van der Waals surface area (Å²) >= 11 is 0. The zero-order valence-corrected chi connectivity index (χ0v) is 14.7. The second-order valence-corrected chi connectivity index (χ2v) is 6.06. The lowest BCUT2D eigenvalue weighted by Crippen LogP contribution is -2.47. The molecule has 0 bridgehead atoms. The van der Waals surface area contributed by atoms with Crippen LogP contribution in [0.15, 0.2) is 60.8 Å². The monoisotopic (exact) mass is 364 g/mol. The molecule has 2 amide bonds. The number of hydrogen-bond donors (Lipinski definition) is 2. The standard InChI is InChI=1S/C20H20N4O3/c21-20(26)18(10-15-11-22-16-8-4-5-9-17(16)23-15)24-19(25)13-27-12-14-6-2-1-3-7-14/h1-9,11,18H,10,12-13H2,(H2,21,26)(H,24,25)/t18-/m0/s1. The van der Waals surface area contributed by atoms with Crippen LogP contribution < -0.4 is 11.1 Å². The van der Waals surface area contributed by atoms with Gasteiger partial charge in [0.25, 0.3) is 0 Å². The van der Waals surface area contributed by atoms with E-state index in [1.165, 1.54) is 0 Å². The minimum absolute atomic E-state index is 0.164. The smallest absolute Gasteiger partial charge is 0.246 e. The van der Waals surface area contributed by atoms with E-state index in [1.54, 1.807) is 6.20 Å². The van der Waals surface area contributed by atoms with Crippen molar-refractivity contribution in [2.45, 2.75) is 19.1 Å². The van der Waals surface area contributed by atoms with Crippen LogP contribution in [0.5, 0.6) is 0 Å². The van der Waals surface area contributed by atoms with Crippen LogP contribution in [0.2, 0.25) is 0 Å². The number of nitrogens with two attached hydrogens (primary N) is 1. The Balaban J connectivity index is 1.56. The molecule has 3 N–H and O–H groups in total. The Hall–Kier alpha value is -3.32. The fourth-order valence-corrected chi connectivity index (χ4v) is 2.60. The molecule has 0 aliphatic rings. The molecule has 0 aliphatic heterocycles. The van der Waals surface area contributed by atoms with Crippen molar-refractivity contribution in [2.24, 2.45) is 5.73 Å². The predicted octanol–water partition coefficient (Wildman–Crippen LogP) is 1.36. The summed E-state index contributed by atoms with van der Waals surface area (Å²) in [6, 6.07) is 16.0. The fraction of sp³-hybridized carbons (Fsp3) is 0.200. The Bertz CT molecular complexity index is 931. The van der Waals surface area contributed by atoms with Crippen LogP contribution in [-0.2, 0) is 27.4 Å². The van der Waals surface area contributed by atoms with E-state index in [0.717, 1.165) is 16.6 Å². The number of carbonyl (C=O) groups is 2. The minimum Gasteiger partial charge on any atom is -0.368 e. The predicted molar refractivity (Wildman–Crippen MR) is 100 cm³/mol. The van der Waals surface area contributed by atoms with Crippen molar-refractivity contribution in [1.29, 1.82) is 0 Å². The maximum atomic E-state index is 12.1. The molecule has 1 heterocycles. The van der Waals surface area contributed by atoms with E-state index >= 15 is 0 Å². The zero-order valence-electron chi connectivity index (χ0n) is 14.7. The van der Waals surface area contributed by atoms with Gasteiger partial charge in [0.15, 0.2) is 0 Å². The van der Waals surface area contributed by atoms with E-state index in [-0.39, 0.29) is 13.0 Å². The minimum atomic E-state index is -0.881. The van der Waals surface area contributed by atoms with E-state index in [2.05, 4.69) is 15.3 Å². The summed E-state index contributed by atoms with van der Waals surface area (Å²) in [5.41, 5.74) is 8.43. The number of nitrogens with one attached hydrogen (secondary N) is 1. The lowest BCUT2D eigenvalue weighted by Gasteiger charge is -2.15. The van der Waals surface area contributed by atoms with E-state index in [1.807, 2.05) is 54.6 Å². The van der Waals surface area contributed by atoms with Crippen LogP contribution in [0.4, 0.5) is 0 Å². The maximum absolute atomic E-state index is 12.1. The molecule has 2 aromatic carbocycles. The maximum Gasteiger partial charge on any atom is 0.246 e. The number of benzene rings is 2. The highest BCUT2D eigenvalue weighted by molar-refractivity contribution is 5.87. The van der Waals surface area contributed by atoms with Crippen molar-refractivity contribution in [3.05, 3.63) is 72.1 Å². The van der Waals surface area contributed by atoms with Gasteiger partial charge in [-0.3, -0.25) is 14.6 Å². The number of carbonyl (C=O) groups excluding carboxylic acids is 2. The second kappa shape index (κ2) is 8.86. The number of ether oxygens (including phenoxy) is 1. The van der Waals surface area contributed by atoms with Crippen molar-refractivity contribution in [1.82, 2.24) is 15.3 Å². The molecule has 138 valence electrons. The highest BCUT2D eigenvalue weighted by Crippen LogP contribution is 2.10. The van der Waals surface area contributed by atoms with Gasteiger partial charge in [0.2, 0.25) is 11.8 Å². The Morgan fingerprint density at radius 3 is 2.48 bits per heavy atom. The van der Waals surface area contributed by atoms with Gasteiger partial charge in [-0.25, -0.2) is 4.98 Å². The molecular formula is C20H20N4O3. The summed E-state index contributed by atoms with van der Waals surface area (Å²) in [5, 5.41) is 2.59. The first-order valence-electron chi connectivity index (χ1n) is 8.53. The molecule has 0 fully saturated rings. The molecule has 0 radical (unpaired) electrons. The van der Waals surface area contributed by atoms with Crippen molar-refractivity contribution in [3.8, 4) is 0 Å². The number of primary amides is 1. The summed E-state index contributed by atoms with van der Waals surface area (Å²) in [4.78, 5) is 32.5. The number of rotatable bonds is 8. The number of para-hydroxylation sites is 2. The fourth-order valence-electron chi connectivity index (χ4n) is 2.60. The number of nitrogens with zero attached hydrogens (tertiary/aromatic N) is 2. The third-order valence-corrected chi connectivity index (χ3v) is 3.94. The first kappa shape index (κ1) is 18.5. The van der Waals surface area contributed by atoms with Gasteiger partial charge in [0.1, 0.15) is 12.6 Å². The average Bonchev–Trinajstić information content (AvgIpc) is 2.68. The molecule has 0 saturated heterocycles. The van der Waals surface area contributed by atoms with Gasteiger partial charge in [-0.05, 0) is 17.7 Å². The Morgan fingerprint density at radius 2 is 1.74 bits per heavy atom. The molecule has 7 heteroatoms. The van der Waals surface area contributed by atoms with Gasteiger partial charge >= 0.3 is 0 Å².